The summed E-state index contributed by atoms with van der Waals surface area (Å²) in [5.41, 5.74) is 0. The molecule has 0 saturated heterocycles. The molecule has 0 aliphatic heterocycles. The minimum Gasteiger partial charge on any atom is -0.481 e. The van der Waals surface area contributed by atoms with Crippen molar-refractivity contribution >= 4 is 5.97 Å². The maximum absolute atomic E-state index is 12.3. The van der Waals surface area contributed by atoms with E-state index >= 15 is 0 Å². The summed E-state index contributed by atoms with van der Waals surface area (Å²) in [6, 6.07) is 2.40. The molecule has 1 heterocycles. The average molecular weight is 208 g/mol. The smallest absolute Gasteiger partial charge is 0.399 e. The molecule has 0 bridgehead atoms. The third-order valence-corrected chi connectivity index (χ3v) is 1.66. The number of furan rings is 1. The SMILES string of the molecule is O=C(O)C[C@@H](c1ccco1)C(F)(F)F. The van der Waals surface area contributed by atoms with Gasteiger partial charge in [0.05, 0.1) is 12.7 Å². The van der Waals surface area contributed by atoms with Crippen LogP contribution in [0.3, 0.4) is 0 Å². The van der Waals surface area contributed by atoms with Crippen LogP contribution in [0.4, 0.5) is 13.2 Å². The number of rotatable bonds is 3. The first-order valence-corrected chi connectivity index (χ1v) is 3.73. The molecule has 0 amide bonds. The van der Waals surface area contributed by atoms with Crippen LogP contribution in [0.25, 0.3) is 0 Å². The van der Waals surface area contributed by atoms with Crippen molar-refractivity contribution in [2.45, 2.75) is 18.5 Å². The van der Waals surface area contributed by atoms with Crippen LogP contribution < -0.4 is 0 Å². The van der Waals surface area contributed by atoms with Crippen LogP contribution in [0, 0.1) is 0 Å². The second kappa shape index (κ2) is 3.73. The Balaban J connectivity index is 2.89. The molecule has 0 spiro atoms. The number of carboxylic acid groups (broad SMARTS) is 1. The minimum absolute atomic E-state index is 0.375. The average Bonchev–Trinajstić information content (AvgIpc) is 2.49. The molecule has 6 heteroatoms. The lowest BCUT2D eigenvalue weighted by atomic mass is 10.0. The number of carboxylic acids is 1. The fraction of sp³-hybridized carbons (Fsp3) is 0.375. The van der Waals surface area contributed by atoms with Gasteiger partial charge in [-0.3, -0.25) is 4.79 Å². The highest BCUT2D eigenvalue weighted by Crippen LogP contribution is 2.37. The molecule has 0 aliphatic carbocycles. The van der Waals surface area contributed by atoms with Gasteiger partial charge in [0.15, 0.2) is 0 Å². The molecular formula is C8H7F3O3. The van der Waals surface area contributed by atoms with Gasteiger partial charge in [-0.2, -0.15) is 13.2 Å². The topological polar surface area (TPSA) is 50.4 Å². The molecule has 0 saturated carbocycles. The molecule has 0 aromatic carbocycles. The van der Waals surface area contributed by atoms with Gasteiger partial charge in [-0.15, -0.1) is 0 Å². The quantitative estimate of drug-likeness (QED) is 0.829. The highest BCUT2D eigenvalue weighted by Gasteiger charge is 2.43. The van der Waals surface area contributed by atoms with Gasteiger partial charge >= 0.3 is 12.1 Å². The predicted molar refractivity (Wildman–Crippen MR) is 39.8 cm³/mol. The van der Waals surface area contributed by atoms with Gasteiger partial charge in [0.2, 0.25) is 0 Å². The molecule has 0 unspecified atom stereocenters. The largest absolute Gasteiger partial charge is 0.481 e. The molecule has 78 valence electrons. The Kier molecular flexibility index (Phi) is 2.83. The molecule has 1 rings (SSSR count). The lowest BCUT2D eigenvalue weighted by molar-refractivity contribution is -0.166. The zero-order valence-corrected chi connectivity index (χ0v) is 6.91. The van der Waals surface area contributed by atoms with E-state index in [4.69, 9.17) is 5.11 Å². The van der Waals surface area contributed by atoms with Gasteiger partial charge in [-0.05, 0) is 12.1 Å². The highest BCUT2D eigenvalue weighted by atomic mass is 19.4. The molecule has 0 aliphatic rings. The lowest BCUT2D eigenvalue weighted by Gasteiger charge is -2.15. The van der Waals surface area contributed by atoms with Crippen LogP contribution in [0.15, 0.2) is 22.8 Å². The maximum Gasteiger partial charge on any atom is 0.399 e. The molecule has 3 nitrogen and oxygen atoms in total. The van der Waals surface area contributed by atoms with Crippen LogP contribution in [0.2, 0.25) is 0 Å². The summed E-state index contributed by atoms with van der Waals surface area (Å²) >= 11 is 0. The fourth-order valence-corrected chi connectivity index (χ4v) is 1.04. The van der Waals surface area contributed by atoms with Crippen molar-refractivity contribution in [1.82, 2.24) is 0 Å². The molecule has 1 N–H and O–H groups in total. The fourth-order valence-electron chi connectivity index (χ4n) is 1.04. The van der Waals surface area contributed by atoms with Gasteiger partial charge < -0.3 is 9.52 Å². The van der Waals surface area contributed by atoms with Crippen LogP contribution >= 0.6 is 0 Å². The number of alkyl halides is 3. The summed E-state index contributed by atoms with van der Waals surface area (Å²) in [5.74, 6) is -3.96. The first-order chi connectivity index (χ1) is 6.41. The van der Waals surface area contributed by atoms with Crippen molar-refractivity contribution in [2.75, 3.05) is 0 Å². The minimum atomic E-state index is -4.60. The Bertz CT molecular complexity index is 302. The van der Waals surface area contributed by atoms with Gasteiger partial charge in [0, 0.05) is 0 Å². The normalized spacial score (nSPS) is 13.9. The second-order valence-corrected chi connectivity index (χ2v) is 2.71. The van der Waals surface area contributed by atoms with E-state index in [-0.39, 0.29) is 5.76 Å². The van der Waals surface area contributed by atoms with E-state index in [9.17, 15) is 18.0 Å². The summed E-state index contributed by atoms with van der Waals surface area (Å²) in [6.45, 7) is 0. The van der Waals surface area contributed by atoms with Crippen molar-refractivity contribution in [3.8, 4) is 0 Å². The van der Waals surface area contributed by atoms with E-state index in [0.29, 0.717) is 0 Å². The van der Waals surface area contributed by atoms with Gasteiger partial charge in [0.25, 0.3) is 0 Å². The zero-order valence-electron chi connectivity index (χ0n) is 6.91. The van der Waals surface area contributed by atoms with Crippen molar-refractivity contribution in [3.05, 3.63) is 24.2 Å². The van der Waals surface area contributed by atoms with Crippen LogP contribution in [-0.4, -0.2) is 17.3 Å². The van der Waals surface area contributed by atoms with E-state index in [1.165, 1.54) is 6.07 Å². The Labute approximate surface area is 77.1 Å². The standard InChI is InChI=1S/C8H7F3O3/c9-8(10,11)5(4-7(12)13)6-2-1-3-14-6/h1-3,5H,4H2,(H,12,13)/t5-/m0/s1. The van der Waals surface area contributed by atoms with Crippen LogP contribution in [0.5, 0.6) is 0 Å². The van der Waals surface area contributed by atoms with Crippen molar-refractivity contribution in [1.29, 1.82) is 0 Å². The number of aliphatic carboxylic acids is 1. The van der Waals surface area contributed by atoms with Gasteiger partial charge in [-0.1, -0.05) is 0 Å². The highest BCUT2D eigenvalue weighted by molar-refractivity contribution is 5.68. The van der Waals surface area contributed by atoms with Gasteiger partial charge in [-0.25, -0.2) is 0 Å². The van der Waals surface area contributed by atoms with Crippen LogP contribution in [0.1, 0.15) is 18.1 Å². The zero-order chi connectivity index (χ0) is 10.8. The number of hydrogen-bond donors (Lipinski definition) is 1. The van der Waals surface area contributed by atoms with Crippen molar-refractivity contribution in [3.63, 3.8) is 0 Å². The Morgan fingerprint density at radius 1 is 1.57 bits per heavy atom. The van der Waals surface area contributed by atoms with E-state index in [0.717, 1.165) is 12.3 Å². The Morgan fingerprint density at radius 3 is 2.57 bits per heavy atom. The van der Waals surface area contributed by atoms with Crippen molar-refractivity contribution < 1.29 is 27.5 Å². The monoisotopic (exact) mass is 208 g/mol. The molecule has 0 radical (unpaired) electrons. The van der Waals surface area contributed by atoms with Crippen LogP contribution in [-0.2, 0) is 4.79 Å². The first kappa shape index (κ1) is 10.6. The summed E-state index contributed by atoms with van der Waals surface area (Å²) in [4.78, 5) is 10.2. The number of halogens is 3. The predicted octanol–water partition coefficient (Wildman–Crippen LogP) is 2.40. The Morgan fingerprint density at radius 2 is 2.21 bits per heavy atom. The summed E-state index contributed by atoms with van der Waals surface area (Å²) in [5, 5.41) is 8.30. The molecule has 1 atom stereocenters. The summed E-state index contributed by atoms with van der Waals surface area (Å²) in [6.07, 6.45) is -4.54. The molecule has 14 heavy (non-hydrogen) atoms. The molecule has 0 fully saturated rings. The van der Waals surface area contributed by atoms with Crippen molar-refractivity contribution in [2.24, 2.45) is 0 Å². The molecule has 1 aromatic heterocycles. The van der Waals surface area contributed by atoms with E-state index < -0.39 is 24.5 Å². The third kappa shape index (κ3) is 2.51. The summed E-state index contributed by atoms with van der Waals surface area (Å²) < 4.78 is 41.5. The van der Waals surface area contributed by atoms with Gasteiger partial charge in [0.1, 0.15) is 11.7 Å². The third-order valence-electron chi connectivity index (χ3n) is 1.66. The maximum atomic E-state index is 12.3. The van der Waals surface area contributed by atoms with E-state index in [1.807, 2.05) is 0 Å². The first-order valence-electron chi connectivity index (χ1n) is 3.73. The second-order valence-electron chi connectivity index (χ2n) is 2.71. The van der Waals surface area contributed by atoms with E-state index in [1.54, 1.807) is 0 Å². The van der Waals surface area contributed by atoms with E-state index in [2.05, 4.69) is 4.42 Å². The molecule has 1 aromatic rings. The number of hydrogen-bond acceptors (Lipinski definition) is 2. The number of carbonyl (C=O) groups is 1. The lowest BCUT2D eigenvalue weighted by Crippen LogP contribution is -2.23. The summed E-state index contributed by atoms with van der Waals surface area (Å²) in [7, 11) is 0. The Hall–Kier alpha value is -1.46. The molecular weight excluding hydrogens is 201 g/mol.